The lowest BCUT2D eigenvalue weighted by Crippen LogP contribution is -2.50. The van der Waals surface area contributed by atoms with Gasteiger partial charge < -0.3 is 14.2 Å². The summed E-state index contributed by atoms with van der Waals surface area (Å²) in [6, 6.07) is 6.40. The van der Waals surface area contributed by atoms with Crippen LogP contribution in [0.3, 0.4) is 0 Å². The van der Waals surface area contributed by atoms with Crippen molar-refractivity contribution >= 4 is 5.91 Å². The van der Waals surface area contributed by atoms with Crippen LogP contribution in [0.2, 0.25) is 0 Å². The van der Waals surface area contributed by atoms with Gasteiger partial charge in [0.1, 0.15) is 5.82 Å². The maximum absolute atomic E-state index is 13.9. The molecule has 140 valence electrons. The molecule has 1 saturated heterocycles. The Bertz CT molecular complexity index is 764. The van der Waals surface area contributed by atoms with Crippen LogP contribution in [0.4, 0.5) is 4.39 Å². The number of halogens is 1. The fourth-order valence-electron chi connectivity index (χ4n) is 3.57. The van der Waals surface area contributed by atoms with Gasteiger partial charge in [-0.15, -0.1) is 0 Å². The Hall–Kier alpha value is -2.28. The van der Waals surface area contributed by atoms with E-state index in [1.54, 1.807) is 37.1 Å². The lowest BCUT2D eigenvalue weighted by atomic mass is 9.76. The van der Waals surface area contributed by atoms with Crippen molar-refractivity contribution < 1.29 is 18.4 Å². The van der Waals surface area contributed by atoms with Crippen molar-refractivity contribution in [2.24, 2.45) is 0 Å². The number of amides is 1. The zero-order chi connectivity index (χ0) is 18.6. The summed E-state index contributed by atoms with van der Waals surface area (Å²) in [5, 5.41) is 4.12. The molecule has 1 aromatic carbocycles. The third-order valence-electron chi connectivity index (χ3n) is 5.02. The summed E-state index contributed by atoms with van der Waals surface area (Å²) in [5.41, 5.74) is 0.0256. The van der Waals surface area contributed by atoms with Crippen molar-refractivity contribution in [3.8, 4) is 0 Å². The zero-order valence-corrected chi connectivity index (χ0v) is 15.2. The molecule has 2 aromatic rings. The molecule has 7 heteroatoms. The van der Waals surface area contributed by atoms with E-state index >= 15 is 0 Å². The first-order valence-electron chi connectivity index (χ1n) is 8.85. The third kappa shape index (κ3) is 3.93. The van der Waals surface area contributed by atoms with Gasteiger partial charge in [0, 0.05) is 33.7 Å². The largest absolute Gasteiger partial charge is 0.385 e. The Morgan fingerprint density at radius 2 is 2.23 bits per heavy atom. The minimum atomic E-state index is -0.392. The number of rotatable bonds is 6. The van der Waals surface area contributed by atoms with Crippen LogP contribution in [0.1, 0.15) is 36.5 Å². The van der Waals surface area contributed by atoms with Crippen LogP contribution in [0, 0.1) is 12.7 Å². The maximum Gasteiger partial charge on any atom is 0.227 e. The van der Waals surface area contributed by atoms with E-state index in [-0.39, 0.29) is 18.1 Å². The van der Waals surface area contributed by atoms with Crippen molar-refractivity contribution in [2.45, 2.75) is 38.0 Å². The van der Waals surface area contributed by atoms with Gasteiger partial charge in [0.05, 0.1) is 11.8 Å². The molecule has 2 heterocycles. The van der Waals surface area contributed by atoms with Crippen LogP contribution in [0.5, 0.6) is 0 Å². The average molecular weight is 361 g/mol. The number of aryl methyl sites for hydroxylation is 1. The summed E-state index contributed by atoms with van der Waals surface area (Å²) in [4.78, 5) is 19.0. The van der Waals surface area contributed by atoms with Gasteiger partial charge in [-0.3, -0.25) is 4.79 Å². The molecular formula is C19H24FN3O3. The molecular weight excluding hydrogens is 337 g/mol. The third-order valence-corrected chi connectivity index (χ3v) is 5.02. The van der Waals surface area contributed by atoms with Gasteiger partial charge in [-0.25, -0.2) is 4.39 Å². The Morgan fingerprint density at radius 1 is 1.42 bits per heavy atom. The van der Waals surface area contributed by atoms with Crippen LogP contribution in [0.15, 0.2) is 28.8 Å². The monoisotopic (exact) mass is 361 g/mol. The number of likely N-dealkylation sites (tertiary alicyclic amines) is 1. The molecule has 1 aliphatic rings. The van der Waals surface area contributed by atoms with Crippen molar-refractivity contribution in [3.63, 3.8) is 0 Å². The van der Waals surface area contributed by atoms with E-state index < -0.39 is 5.41 Å². The Labute approximate surface area is 152 Å². The highest BCUT2D eigenvalue weighted by atomic mass is 19.1. The number of nitrogens with zero attached hydrogens (tertiary/aromatic N) is 3. The maximum atomic E-state index is 13.9. The van der Waals surface area contributed by atoms with Gasteiger partial charge in [0.15, 0.2) is 5.82 Å². The minimum Gasteiger partial charge on any atom is -0.385 e. The lowest BCUT2D eigenvalue weighted by molar-refractivity contribution is -0.133. The molecule has 0 radical (unpaired) electrons. The van der Waals surface area contributed by atoms with Gasteiger partial charge >= 0.3 is 0 Å². The molecule has 0 bridgehead atoms. The Morgan fingerprint density at radius 3 is 2.92 bits per heavy atom. The molecule has 1 aliphatic heterocycles. The number of piperidine rings is 1. The van der Waals surface area contributed by atoms with Crippen molar-refractivity contribution in [3.05, 3.63) is 47.4 Å². The standard InChI is InChI=1S/C19H24FN3O3/c1-14-21-18(22-26-14)19(9-11-25-2)8-5-10-23(13-19)17(24)12-15-6-3-4-7-16(15)20/h3-4,6-7H,5,8-13H2,1-2H3. The fraction of sp³-hybridized carbons (Fsp3) is 0.526. The first-order chi connectivity index (χ1) is 12.5. The van der Waals surface area contributed by atoms with Crippen molar-refractivity contribution in [2.75, 3.05) is 26.8 Å². The van der Waals surface area contributed by atoms with E-state index in [2.05, 4.69) is 10.1 Å². The lowest BCUT2D eigenvalue weighted by Gasteiger charge is -2.41. The molecule has 0 saturated carbocycles. The molecule has 1 amide bonds. The second-order valence-electron chi connectivity index (χ2n) is 6.85. The molecule has 6 nitrogen and oxygen atoms in total. The number of benzene rings is 1. The predicted octanol–water partition coefficient (Wildman–Crippen LogP) is 2.66. The van der Waals surface area contributed by atoms with Gasteiger partial charge in [-0.05, 0) is 30.9 Å². The number of carbonyl (C=O) groups is 1. The van der Waals surface area contributed by atoms with E-state index in [9.17, 15) is 9.18 Å². The molecule has 1 unspecified atom stereocenters. The molecule has 1 atom stereocenters. The van der Waals surface area contributed by atoms with Crippen LogP contribution < -0.4 is 0 Å². The number of aromatic nitrogens is 2. The highest BCUT2D eigenvalue weighted by molar-refractivity contribution is 5.79. The number of methoxy groups -OCH3 is 1. The number of hydrogen-bond donors (Lipinski definition) is 0. The fourth-order valence-corrected chi connectivity index (χ4v) is 3.57. The minimum absolute atomic E-state index is 0.0539. The van der Waals surface area contributed by atoms with Crippen LogP contribution in [-0.4, -0.2) is 47.8 Å². The number of carbonyl (C=O) groups excluding carboxylic acids is 1. The first kappa shape index (κ1) is 18.5. The van der Waals surface area contributed by atoms with E-state index in [4.69, 9.17) is 9.26 Å². The normalized spacial score (nSPS) is 20.3. The highest BCUT2D eigenvalue weighted by Crippen LogP contribution is 2.36. The molecule has 1 aromatic heterocycles. The van der Waals surface area contributed by atoms with Gasteiger partial charge in [0.25, 0.3) is 0 Å². The summed E-state index contributed by atoms with van der Waals surface area (Å²) >= 11 is 0. The highest BCUT2D eigenvalue weighted by Gasteiger charge is 2.42. The average Bonchev–Trinajstić information content (AvgIpc) is 3.09. The number of hydrogen-bond acceptors (Lipinski definition) is 5. The molecule has 26 heavy (non-hydrogen) atoms. The molecule has 3 rings (SSSR count). The van der Waals surface area contributed by atoms with Crippen LogP contribution in [0.25, 0.3) is 0 Å². The van der Waals surface area contributed by atoms with E-state index in [0.29, 0.717) is 43.4 Å². The zero-order valence-electron chi connectivity index (χ0n) is 15.2. The SMILES string of the molecule is COCCC1(c2noc(C)n2)CCCN(C(=O)Cc2ccccc2F)C1. The second kappa shape index (κ2) is 7.95. The summed E-state index contributed by atoms with van der Waals surface area (Å²) in [6.45, 7) is 3.44. The van der Waals surface area contributed by atoms with Crippen molar-refractivity contribution in [1.82, 2.24) is 15.0 Å². The van der Waals surface area contributed by atoms with E-state index in [1.807, 2.05) is 0 Å². The van der Waals surface area contributed by atoms with E-state index in [1.165, 1.54) is 6.07 Å². The van der Waals surface area contributed by atoms with Gasteiger partial charge in [-0.1, -0.05) is 23.4 Å². The summed E-state index contributed by atoms with van der Waals surface area (Å²) in [6.07, 6.45) is 2.45. The first-order valence-corrected chi connectivity index (χ1v) is 8.85. The van der Waals surface area contributed by atoms with Crippen molar-refractivity contribution in [1.29, 1.82) is 0 Å². The molecule has 0 aliphatic carbocycles. The van der Waals surface area contributed by atoms with Crippen LogP contribution in [-0.2, 0) is 21.4 Å². The summed E-state index contributed by atoms with van der Waals surface area (Å²) in [7, 11) is 1.65. The van der Waals surface area contributed by atoms with E-state index in [0.717, 1.165) is 12.8 Å². The quantitative estimate of drug-likeness (QED) is 0.791. The topological polar surface area (TPSA) is 68.5 Å². The van der Waals surface area contributed by atoms with Crippen LogP contribution >= 0.6 is 0 Å². The molecule has 1 fully saturated rings. The summed E-state index contributed by atoms with van der Waals surface area (Å²) < 4.78 is 24.3. The predicted molar refractivity (Wildman–Crippen MR) is 93.1 cm³/mol. The second-order valence-corrected chi connectivity index (χ2v) is 6.85. The Kier molecular flexibility index (Phi) is 5.66. The van der Waals surface area contributed by atoms with Gasteiger partial charge in [0.2, 0.25) is 11.8 Å². The summed E-state index contributed by atoms with van der Waals surface area (Å²) in [5.74, 6) is 0.691. The number of ether oxygens (including phenoxy) is 1. The molecule has 0 N–H and O–H groups in total. The smallest absolute Gasteiger partial charge is 0.227 e. The Balaban J connectivity index is 1.79. The van der Waals surface area contributed by atoms with Gasteiger partial charge in [-0.2, -0.15) is 4.98 Å². The molecule has 0 spiro atoms.